The standard InChI is InChI=1S/C19H17N3O6S/c1-28-18-10-9-16(12-17(18)22(24)25)29(26,27)20-15-7-5-14(6-8-15)13-21-11-3-2-4-19(21)23/h2-12,20H,13H2,1H3. The van der Waals surface area contributed by atoms with Crippen molar-refractivity contribution in [3.63, 3.8) is 0 Å². The van der Waals surface area contributed by atoms with Gasteiger partial charge in [0.2, 0.25) is 0 Å². The number of rotatable bonds is 7. The van der Waals surface area contributed by atoms with Crippen LogP contribution in [0, 0.1) is 10.1 Å². The average Bonchev–Trinajstić information content (AvgIpc) is 2.70. The van der Waals surface area contributed by atoms with Crippen LogP contribution in [-0.2, 0) is 16.6 Å². The highest BCUT2D eigenvalue weighted by Gasteiger charge is 2.22. The van der Waals surface area contributed by atoms with Crippen LogP contribution in [0.5, 0.6) is 5.75 Å². The lowest BCUT2D eigenvalue weighted by molar-refractivity contribution is -0.386. The number of sulfonamides is 1. The Morgan fingerprint density at radius 3 is 2.45 bits per heavy atom. The fraction of sp³-hybridized carbons (Fsp3) is 0.105. The minimum Gasteiger partial charge on any atom is -0.490 e. The van der Waals surface area contributed by atoms with Crippen LogP contribution in [0.1, 0.15) is 5.56 Å². The summed E-state index contributed by atoms with van der Waals surface area (Å²) >= 11 is 0. The predicted molar refractivity (Wildman–Crippen MR) is 107 cm³/mol. The number of nitro benzene ring substituents is 1. The first-order valence-electron chi connectivity index (χ1n) is 8.40. The van der Waals surface area contributed by atoms with E-state index in [4.69, 9.17) is 4.74 Å². The highest BCUT2D eigenvalue weighted by molar-refractivity contribution is 7.92. The Hall–Kier alpha value is -3.66. The van der Waals surface area contributed by atoms with Crippen LogP contribution >= 0.6 is 0 Å². The fourth-order valence-corrected chi connectivity index (χ4v) is 3.74. The lowest BCUT2D eigenvalue weighted by Crippen LogP contribution is -2.18. The minimum atomic E-state index is -4.04. The Kier molecular flexibility index (Phi) is 5.64. The zero-order valence-electron chi connectivity index (χ0n) is 15.3. The summed E-state index contributed by atoms with van der Waals surface area (Å²) in [7, 11) is -2.77. The number of anilines is 1. The number of pyridine rings is 1. The molecule has 0 radical (unpaired) electrons. The van der Waals surface area contributed by atoms with Gasteiger partial charge in [0.25, 0.3) is 15.6 Å². The smallest absolute Gasteiger partial charge is 0.312 e. The quantitative estimate of drug-likeness (QED) is 0.468. The summed E-state index contributed by atoms with van der Waals surface area (Å²) in [5.74, 6) is -0.0329. The first kappa shape index (κ1) is 20.1. The molecule has 0 atom stereocenters. The van der Waals surface area contributed by atoms with Crippen molar-refractivity contribution in [3.8, 4) is 5.75 Å². The number of methoxy groups -OCH3 is 1. The summed E-state index contributed by atoms with van der Waals surface area (Å²) in [5, 5.41) is 11.1. The lowest BCUT2D eigenvalue weighted by atomic mass is 10.2. The van der Waals surface area contributed by atoms with Gasteiger partial charge in [0, 0.05) is 24.0 Å². The average molecular weight is 415 g/mol. The van der Waals surface area contributed by atoms with E-state index in [1.165, 1.54) is 29.9 Å². The van der Waals surface area contributed by atoms with Crippen molar-refractivity contribution in [3.05, 3.63) is 92.9 Å². The van der Waals surface area contributed by atoms with Gasteiger partial charge in [-0.15, -0.1) is 0 Å². The molecule has 0 aliphatic rings. The summed E-state index contributed by atoms with van der Waals surface area (Å²) in [6.45, 7) is 0.345. The third-order valence-corrected chi connectivity index (χ3v) is 5.49. The second kappa shape index (κ2) is 8.15. The molecule has 0 bridgehead atoms. The van der Waals surface area contributed by atoms with Gasteiger partial charge in [-0.25, -0.2) is 8.42 Å². The van der Waals surface area contributed by atoms with Crippen molar-refractivity contribution in [1.29, 1.82) is 0 Å². The molecular weight excluding hydrogens is 398 g/mol. The van der Waals surface area contributed by atoms with Crippen molar-refractivity contribution in [2.24, 2.45) is 0 Å². The van der Waals surface area contributed by atoms with Crippen molar-refractivity contribution in [2.45, 2.75) is 11.4 Å². The van der Waals surface area contributed by atoms with Gasteiger partial charge in [-0.1, -0.05) is 18.2 Å². The summed E-state index contributed by atoms with van der Waals surface area (Å²) in [6.07, 6.45) is 1.66. The van der Waals surface area contributed by atoms with E-state index in [0.717, 1.165) is 11.6 Å². The molecule has 0 unspecified atom stereocenters. The largest absolute Gasteiger partial charge is 0.490 e. The van der Waals surface area contributed by atoms with E-state index in [1.54, 1.807) is 42.6 Å². The van der Waals surface area contributed by atoms with E-state index in [2.05, 4.69) is 4.72 Å². The SMILES string of the molecule is COc1ccc(S(=O)(=O)Nc2ccc(Cn3ccccc3=O)cc2)cc1[N+](=O)[O-]. The number of hydrogen-bond donors (Lipinski definition) is 1. The number of aromatic nitrogens is 1. The van der Waals surface area contributed by atoms with Crippen LogP contribution in [-0.4, -0.2) is 25.0 Å². The van der Waals surface area contributed by atoms with Gasteiger partial charge in [-0.3, -0.25) is 19.6 Å². The number of nitrogens with one attached hydrogen (secondary N) is 1. The van der Waals surface area contributed by atoms with E-state index >= 15 is 0 Å². The molecule has 0 saturated carbocycles. The van der Waals surface area contributed by atoms with Crippen molar-refractivity contribution >= 4 is 21.4 Å². The number of benzene rings is 2. The molecule has 1 aromatic heterocycles. The van der Waals surface area contributed by atoms with Crippen LogP contribution in [0.25, 0.3) is 0 Å². The molecule has 0 fully saturated rings. The number of nitro groups is 1. The number of hydrogen-bond acceptors (Lipinski definition) is 6. The molecule has 9 nitrogen and oxygen atoms in total. The van der Waals surface area contributed by atoms with Crippen LogP contribution in [0.3, 0.4) is 0 Å². The van der Waals surface area contributed by atoms with Gasteiger partial charge < -0.3 is 9.30 Å². The van der Waals surface area contributed by atoms with Crippen molar-refractivity contribution in [1.82, 2.24) is 4.57 Å². The van der Waals surface area contributed by atoms with Crippen molar-refractivity contribution < 1.29 is 18.1 Å². The minimum absolute atomic E-state index is 0.0329. The Balaban J connectivity index is 1.80. The second-order valence-electron chi connectivity index (χ2n) is 6.06. The van der Waals surface area contributed by atoms with Gasteiger partial charge in [-0.05, 0) is 35.9 Å². The molecule has 0 saturated heterocycles. The Bertz CT molecular complexity index is 1200. The van der Waals surface area contributed by atoms with Crippen molar-refractivity contribution in [2.75, 3.05) is 11.8 Å². The molecular formula is C19H17N3O6S. The first-order chi connectivity index (χ1) is 13.8. The van der Waals surface area contributed by atoms with E-state index in [0.29, 0.717) is 6.54 Å². The molecule has 10 heteroatoms. The number of ether oxygens (including phenoxy) is 1. The molecule has 1 N–H and O–H groups in total. The van der Waals surface area contributed by atoms with Gasteiger partial charge >= 0.3 is 5.69 Å². The molecule has 29 heavy (non-hydrogen) atoms. The third-order valence-electron chi connectivity index (χ3n) is 4.12. The lowest BCUT2D eigenvalue weighted by Gasteiger charge is -2.10. The zero-order chi connectivity index (χ0) is 21.0. The topological polar surface area (TPSA) is 121 Å². The molecule has 0 spiro atoms. The Morgan fingerprint density at radius 2 is 1.83 bits per heavy atom. The van der Waals surface area contributed by atoms with E-state index in [1.807, 2.05) is 0 Å². The molecule has 1 heterocycles. The highest BCUT2D eigenvalue weighted by Crippen LogP contribution is 2.30. The molecule has 0 aliphatic heterocycles. The van der Waals surface area contributed by atoms with Gasteiger partial charge in [0.1, 0.15) is 0 Å². The second-order valence-corrected chi connectivity index (χ2v) is 7.74. The summed E-state index contributed by atoms with van der Waals surface area (Å²) < 4.78 is 33.9. The molecule has 150 valence electrons. The van der Waals surface area contributed by atoms with Crippen LogP contribution in [0.2, 0.25) is 0 Å². The monoisotopic (exact) mass is 415 g/mol. The fourth-order valence-electron chi connectivity index (χ4n) is 2.66. The van der Waals surface area contributed by atoms with Crippen LogP contribution < -0.4 is 15.0 Å². The third kappa shape index (κ3) is 4.61. The number of nitrogens with zero attached hydrogens (tertiary/aromatic N) is 2. The van der Waals surface area contributed by atoms with E-state index in [-0.39, 0.29) is 21.9 Å². The zero-order valence-corrected chi connectivity index (χ0v) is 16.1. The molecule has 3 aromatic rings. The predicted octanol–water partition coefficient (Wildman–Crippen LogP) is 2.61. The molecule has 0 aliphatic carbocycles. The molecule has 3 rings (SSSR count). The van der Waals surface area contributed by atoms with Crippen LogP contribution in [0.4, 0.5) is 11.4 Å². The maximum absolute atomic E-state index is 12.6. The summed E-state index contributed by atoms with van der Waals surface area (Å²) in [5.41, 5.74) is 0.506. The maximum Gasteiger partial charge on any atom is 0.312 e. The summed E-state index contributed by atoms with van der Waals surface area (Å²) in [6, 6.07) is 14.7. The van der Waals surface area contributed by atoms with Gasteiger partial charge in [0.05, 0.1) is 23.5 Å². The van der Waals surface area contributed by atoms with Gasteiger partial charge in [-0.2, -0.15) is 0 Å². The Labute approximate surface area is 166 Å². The van der Waals surface area contributed by atoms with Crippen LogP contribution in [0.15, 0.2) is 76.6 Å². The highest BCUT2D eigenvalue weighted by atomic mass is 32.2. The first-order valence-corrected chi connectivity index (χ1v) is 9.88. The molecule has 0 amide bonds. The van der Waals surface area contributed by atoms with E-state index in [9.17, 15) is 23.3 Å². The Morgan fingerprint density at radius 1 is 1.10 bits per heavy atom. The van der Waals surface area contributed by atoms with Gasteiger partial charge in [0.15, 0.2) is 5.75 Å². The van der Waals surface area contributed by atoms with E-state index < -0.39 is 20.6 Å². The summed E-state index contributed by atoms with van der Waals surface area (Å²) in [4.78, 5) is 21.9. The maximum atomic E-state index is 12.6. The molecule has 2 aromatic carbocycles. The normalized spacial score (nSPS) is 11.1.